The van der Waals surface area contributed by atoms with Crippen LogP contribution in [0.4, 0.5) is 0 Å². The van der Waals surface area contributed by atoms with Gasteiger partial charge in [0.15, 0.2) is 0 Å². The van der Waals surface area contributed by atoms with Crippen LogP contribution in [0.25, 0.3) is 0 Å². The molecule has 1 unspecified atom stereocenters. The second kappa shape index (κ2) is 64.0. The first-order chi connectivity index (χ1) is 2.27. The maximum absolute atomic E-state index is 8.02. The second-order valence-electron chi connectivity index (χ2n) is 1.16. The molecule has 1 atom stereocenters. The third-order valence-electron chi connectivity index (χ3n) is 0.288. The van der Waals surface area contributed by atoms with Gasteiger partial charge in [-0.2, -0.15) is 0 Å². The Morgan fingerprint density at radius 3 is 1.08 bits per heavy atom. The Kier molecular flexibility index (Phi) is 447. The summed E-state index contributed by atoms with van der Waals surface area (Å²) in [7, 11) is 0. The summed E-state index contributed by atoms with van der Waals surface area (Å²) in [5.74, 6) is 0. The summed E-state index contributed by atoms with van der Waals surface area (Å²) in [6.45, 7) is 1.83. The van der Waals surface area contributed by atoms with Crippen LogP contribution >= 0.6 is 0 Å². The minimum atomic E-state index is -0.0602. The molecule has 0 amide bonds. The average molecular weight is 378 g/mol. The molecule has 9 heteroatoms. The molecular formula is C3H21NO7Pt. The van der Waals surface area contributed by atoms with Crippen molar-refractivity contribution in [1.82, 2.24) is 0 Å². The number of aliphatic hydroxyl groups is 1. The fourth-order valence-corrected chi connectivity index (χ4v) is 0. The zero-order valence-corrected chi connectivity index (χ0v) is 8.90. The molecular weight excluding hydrogens is 357 g/mol. The van der Waals surface area contributed by atoms with E-state index < -0.39 is 0 Å². The van der Waals surface area contributed by atoms with E-state index in [4.69, 9.17) is 10.8 Å². The zero-order valence-electron chi connectivity index (χ0n) is 6.63. The molecule has 0 heterocycles. The van der Waals surface area contributed by atoms with Crippen molar-refractivity contribution < 1.29 is 59.0 Å². The summed E-state index contributed by atoms with van der Waals surface area (Å²) in [6.07, 6.45) is 0. The van der Waals surface area contributed by atoms with Crippen LogP contribution in [0.3, 0.4) is 0 Å². The number of rotatable bonds is 1. The van der Waals surface area contributed by atoms with Gasteiger partial charge in [-0.25, -0.2) is 0 Å². The largest absolute Gasteiger partial charge is 0.412 e. The van der Waals surface area contributed by atoms with Gasteiger partial charge in [-0.1, -0.05) is 0 Å². The summed E-state index contributed by atoms with van der Waals surface area (Å²) in [5.41, 5.74) is 5.04. The molecule has 0 spiro atoms. The van der Waals surface area contributed by atoms with E-state index in [1.54, 1.807) is 6.92 Å². The fourth-order valence-electron chi connectivity index (χ4n) is 0. The molecule has 0 aromatic rings. The molecule has 0 radical (unpaired) electrons. The predicted octanol–water partition coefficient (Wildman–Crippen LogP) is -5.62. The van der Waals surface area contributed by atoms with Crippen LogP contribution in [-0.4, -0.2) is 50.6 Å². The van der Waals surface area contributed by atoms with Gasteiger partial charge >= 0.3 is 0 Å². The van der Waals surface area contributed by atoms with Crippen molar-refractivity contribution >= 4 is 0 Å². The number of hydrogen-bond donors (Lipinski definition) is 2. The van der Waals surface area contributed by atoms with Crippen LogP contribution in [0.15, 0.2) is 0 Å². The third kappa shape index (κ3) is 162. The topological polar surface area (TPSA) is 235 Å². The standard InChI is InChI=1S/C3H9NO.6H2O.Pt/c1-3(4)2-5;;;;;;;/h3,5H,2,4H2,1H3;6*1H2;. The minimum Gasteiger partial charge on any atom is -0.412 e. The Morgan fingerprint density at radius 2 is 1.08 bits per heavy atom. The molecule has 0 aliphatic carbocycles. The van der Waals surface area contributed by atoms with Crippen molar-refractivity contribution in [3.63, 3.8) is 0 Å². The summed E-state index contributed by atoms with van der Waals surface area (Å²) in [5, 5.41) is 8.02. The molecule has 0 rings (SSSR count). The normalized spacial score (nSPS) is 6.25. The first-order valence-electron chi connectivity index (χ1n) is 1.64. The summed E-state index contributed by atoms with van der Waals surface area (Å²) in [6, 6.07) is -0.0602. The van der Waals surface area contributed by atoms with Crippen molar-refractivity contribution in [2.75, 3.05) is 6.61 Å². The maximum Gasteiger partial charge on any atom is 0.0579 e. The van der Waals surface area contributed by atoms with Gasteiger partial charge < -0.3 is 43.7 Å². The quantitative estimate of drug-likeness (QED) is 0.454. The molecule has 8 nitrogen and oxygen atoms in total. The molecule has 0 aromatic heterocycles. The van der Waals surface area contributed by atoms with Crippen LogP contribution in [0.5, 0.6) is 0 Å². The molecule has 90 valence electrons. The monoisotopic (exact) mass is 378 g/mol. The van der Waals surface area contributed by atoms with Gasteiger partial charge in [-0.05, 0) is 6.92 Å². The molecule has 0 aromatic carbocycles. The van der Waals surface area contributed by atoms with Crippen LogP contribution in [0.2, 0.25) is 0 Å². The fraction of sp³-hybridized carbons (Fsp3) is 1.00. The molecule has 0 bridgehead atoms. The van der Waals surface area contributed by atoms with Gasteiger partial charge in [0.25, 0.3) is 0 Å². The van der Waals surface area contributed by atoms with E-state index in [-0.39, 0.29) is 66.6 Å². The van der Waals surface area contributed by atoms with E-state index in [1.807, 2.05) is 0 Å². The first-order valence-corrected chi connectivity index (χ1v) is 1.64. The van der Waals surface area contributed by atoms with Crippen molar-refractivity contribution in [2.24, 2.45) is 5.73 Å². The predicted molar refractivity (Wildman–Crippen MR) is 42.4 cm³/mol. The van der Waals surface area contributed by atoms with Crippen LogP contribution in [-0.2, 0) is 21.1 Å². The second-order valence-corrected chi connectivity index (χ2v) is 1.16. The van der Waals surface area contributed by atoms with Crippen LogP contribution < -0.4 is 5.73 Å². The number of aliphatic hydroxyl groups excluding tert-OH is 1. The SMILES string of the molecule is CC(N)CO.O.O.O.O.O.O.[Pt]. The number of nitrogens with two attached hydrogens (primary N) is 1. The van der Waals surface area contributed by atoms with Gasteiger partial charge in [0.05, 0.1) is 6.61 Å². The van der Waals surface area contributed by atoms with Crippen molar-refractivity contribution in [3.05, 3.63) is 0 Å². The average Bonchev–Trinajstić information content (AvgIpc) is 1.38. The Balaban J connectivity index is -0.00000000381. The van der Waals surface area contributed by atoms with E-state index >= 15 is 0 Å². The first kappa shape index (κ1) is 83.8. The van der Waals surface area contributed by atoms with Crippen molar-refractivity contribution in [2.45, 2.75) is 13.0 Å². The van der Waals surface area contributed by atoms with Gasteiger partial charge in [0, 0.05) is 27.1 Å². The summed E-state index contributed by atoms with van der Waals surface area (Å²) >= 11 is 0. The Morgan fingerprint density at radius 1 is 1.00 bits per heavy atom. The molecule has 0 fully saturated rings. The van der Waals surface area contributed by atoms with Crippen molar-refractivity contribution in [3.8, 4) is 0 Å². The Bertz CT molecular complexity index is 32.6. The van der Waals surface area contributed by atoms with Crippen molar-refractivity contribution in [1.29, 1.82) is 0 Å². The Hall–Kier alpha value is 0.368. The number of hydrogen-bond acceptors (Lipinski definition) is 2. The smallest absolute Gasteiger partial charge is 0.0579 e. The molecule has 0 saturated heterocycles. The molecule has 0 aliphatic heterocycles. The summed E-state index contributed by atoms with van der Waals surface area (Å²) in [4.78, 5) is 0. The summed E-state index contributed by atoms with van der Waals surface area (Å²) < 4.78 is 0. The molecule has 0 aliphatic rings. The minimum absolute atomic E-state index is 0. The van der Waals surface area contributed by atoms with Crippen LogP contribution in [0.1, 0.15) is 6.92 Å². The Labute approximate surface area is 84.9 Å². The molecule has 0 saturated carbocycles. The van der Waals surface area contributed by atoms with E-state index in [2.05, 4.69) is 0 Å². The van der Waals surface area contributed by atoms with Crippen LogP contribution in [0, 0.1) is 0 Å². The molecule has 12 heavy (non-hydrogen) atoms. The van der Waals surface area contributed by atoms with Gasteiger partial charge in [0.2, 0.25) is 0 Å². The van der Waals surface area contributed by atoms with E-state index in [0.717, 1.165) is 0 Å². The van der Waals surface area contributed by atoms with Gasteiger partial charge in [0.1, 0.15) is 0 Å². The van der Waals surface area contributed by atoms with Gasteiger partial charge in [-0.3, -0.25) is 0 Å². The van der Waals surface area contributed by atoms with E-state index in [9.17, 15) is 0 Å². The zero-order chi connectivity index (χ0) is 4.28. The van der Waals surface area contributed by atoms with E-state index in [1.165, 1.54) is 0 Å². The third-order valence-corrected chi connectivity index (χ3v) is 0.288. The maximum atomic E-state index is 8.02. The van der Waals surface area contributed by atoms with Gasteiger partial charge in [-0.15, -0.1) is 0 Å². The molecule has 15 N–H and O–H groups in total. The van der Waals surface area contributed by atoms with E-state index in [0.29, 0.717) is 0 Å².